The zero-order chi connectivity index (χ0) is 19.7. The van der Waals surface area contributed by atoms with Crippen LogP contribution in [0.4, 0.5) is 10.1 Å². The fourth-order valence-electron chi connectivity index (χ4n) is 3.27. The van der Waals surface area contributed by atoms with Crippen LogP contribution in [-0.4, -0.2) is 36.8 Å². The third kappa shape index (κ3) is 3.17. The zero-order valence-corrected chi connectivity index (χ0v) is 15.4. The number of nitrogens with zero attached hydrogens (tertiary/aromatic N) is 3. The molecular weight excluding hydrogens is 365 g/mol. The number of anilines is 1. The molecule has 1 fully saturated rings. The summed E-state index contributed by atoms with van der Waals surface area (Å²) in [7, 11) is 3.09. The molecule has 0 bridgehead atoms. The van der Waals surface area contributed by atoms with Crippen LogP contribution in [0.5, 0.6) is 11.5 Å². The fraction of sp³-hybridized carbons (Fsp3) is 0.250. The molecule has 3 aromatic rings. The third-order valence-corrected chi connectivity index (χ3v) is 4.71. The molecule has 0 aliphatic carbocycles. The Balaban J connectivity index is 1.57. The van der Waals surface area contributed by atoms with E-state index in [2.05, 4.69) is 10.1 Å². The third-order valence-electron chi connectivity index (χ3n) is 4.71. The van der Waals surface area contributed by atoms with E-state index < -0.39 is 5.82 Å². The molecule has 0 unspecified atom stereocenters. The highest BCUT2D eigenvalue weighted by Crippen LogP contribution is 2.36. The number of hydrogen-bond donors (Lipinski definition) is 0. The van der Waals surface area contributed by atoms with Crippen molar-refractivity contribution in [3.05, 3.63) is 54.2 Å². The summed E-state index contributed by atoms with van der Waals surface area (Å²) < 4.78 is 29.8. The van der Waals surface area contributed by atoms with Crippen molar-refractivity contribution in [3.63, 3.8) is 0 Å². The van der Waals surface area contributed by atoms with E-state index in [1.54, 1.807) is 55.5 Å². The van der Waals surface area contributed by atoms with Crippen LogP contribution >= 0.6 is 0 Å². The summed E-state index contributed by atoms with van der Waals surface area (Å²) in [4.78, 5) is 18.5. The average molecular weight is 383 g/mol. The number of benzene rings is 2. The summed E-state index contributed by atoms with van der Waals surface area (Å²) in [5.74, 6) is 0.845. The summed E-state index contributed by atoms with van der Waals surface area (Å²) >= 11 is 0. The van der Waals surface area contributed by atoms with Gasteiger partial charge in [-0.25, -0.2) is 4.39 Å². The number of rotatable bonds is 5. The predicted octanol–water partition coefficient (Wildman–Crippen LogP) is 3.41. The number of carbonyl (C=O) groups excluding carboxylic acids is 1. The van der Waals surface area contributed by atoms with Gasteiger partial charge in [0.2, 0.25) is 17.6 Å². The first-order chi connectivity index (χ1) is 13.6. The Bertz CT molecular complexity index is 1020. The van der Waals surface area contributed by atoms with Crippen molar-refractivity contribution in [1.82, 2.24) is 10.1 Å². The van der Waals surface area contributed by atoms with Crippen LogP contribution in [0.15, 0.2) is 47.0 Å². The fourth-order valence-corrected chi connectivity index (χ4v) is 3.27. The quantitative estimate of drug-likeness (QED) is 0.672. The number of ether oxygens (including phenoxy) is 2. The van der Waals surface area contributed by atoms with Gasteiger partial charge in [0, 0.05) is 24.7 Å². The molecule has 1 aromatic heterocycles. The minimum absolute atomic E-state index is 0.0668. The molecule has 28 heavy (non-hydrogen) atoms. The molecule has 7 nitrogen and oxygen atoms in total. The summed E-state index contributed by atoms with van der Waals surface area (Å²) in [5, 5.41) is 3.87. The van der Waals surface area contributed by atoms with Crippen LogP contribution in [0.2, 0.25) is 0 Å². The first kappa shape index (κ1) is 18.0. The predicted molar refractivity (Wildman–Crippen MR) is 98.9 cm³/mol. The van der Waals surface area contributed by atoms with E-state index >= 15 is 0 Å². The minimum atomic E-state index is -0.427. The summed E-state index contributed by atoms with van der Waals surface area (Å²) in [6.45, 7) is 0.382. The van der Waals surface area contributed by atoms with E-state index in [4.69, 9.17) is 14.0 Å². The second-order valence-corrected chi connectivity index (χ2v) is 6.38. The van der Waals surface area contributed by atoms with E-state index in [9.17, 15) is 9.18 Å². The van der Waals surface area contributed by atoms with Gasteiger partial charge >= 0.3 is 0 Å². The van der Waals surface area contributed by atoms with E-state index in [0.29, 0.717) is 29.6 Å². The summed E-state index contributed by atoms with van der Waals surface area (Å²) in [5.41, 5.74) is 0.956. The van der Waals surface area contributed by atoms with Gasteiger partial charge in [-0.05, 0) is 24.3 Å². The van der Waals surface area contributed by atoms with Gasteiger partial charge in [0.1, 0.15) is 5.82 Å². The summed E-state index contributed by atoms with van der Waals surface area (Å²) in [6.07, 6.45) is 0.229. The average Bonchev–Trinajstić information content (AvgIpc) is 3.34. The second kappa shape index (κ2) is 7.30. The molecule has 8 heteroatoms. The van der Waals surface area contributed by atoms with Gasteiger partial charge in [0.15, 0.2) is 11.5 Å². The molecule has 2 aromatic carbocycles. The number of aromatic nitrogens is 2. The SMILES string of the molecule is COc1ccc(N2C[C@@H](c3nc(-c4ccccc4F)no3)CC2=O)cc1OC. The Kier molecular flexibility index (Phi) is 4.68. The number of carbonyl (C=O) groups is 1. The molecule has 144 valence electrons. The highest BCUT2D eigenvalue weighted by Gasteiger charge is 2.35. The van der Waals surface area contributed by atoms with E-state index in [1.807, 2.05) is 0 Å². The Morgan fingerprint density at radius 2 is 1.93 bits per heavy atom. The van der Waals surface area contributed by atoms with Crippen LogP contribution < -0.4 is 14.4 Å². The number of amides is 1. The van der Waals surface area contributed by atoms with E-state index in [-0.39, 0.29) is 29.6 Å². The van der Waals surface area contributed by atoms with Crippen molar-refractivity contribution < 1.29 is 23.2 Å². The Morgan fingerprint density at radius 1 is 1.14 bits per heavy atom. The maximum atomic E-state index is 13.9. The molecule has 1 amide bonds. The smallest absolute Gasteiger partial charge is 0.232 e. The van der Waals surface area contributed by atoms with E-state index in [1.165, 1.54) is 6.07 Å². The lowest BCUT2D eigenvalue weighted by atomic mass is 10.1. The Morgan fingerprint density at radius 3 is 2.68 bits per heavy atom. The molecule has 1 saturated heterocycles. The van der Waals surface area contributed by atoms with Crippen LogP contribution in [-0.2, 0) is 4.79 Å². The Hall–Kier alpha value is -3.42. The van der Waals surface area contributed by atoms with E-state index in [0.717, 1.165) is 0 Å². The topological polar surface area (TPSA) is 77.7 Å². The molecule has 1 atom stereocenters. The lowest BCUT2D eigenvalue weighted by molar-refractivity contribution is -0.117. The van der Waals surface area contributed by atoms with Crippen LogP contribution in [0.3, 0.4) is 0 Å². The van der Waals surface area contributed by atoms with Crippen LogP contribution in [0, 0.1) is 5.82 Å². The van der Waals surface area contributed by atoms with Crippen molar-refractivity contribution in [3.8, 4) is 22.9 Å². The molecule has 0 N–H and O–H groups in total. The lowest BCUT2D eigenvalue weighted by Gasteiger charge is -2.18. The van der Waals surface area contributed by atoms with Gasteiger partial charge in [-0.3, -0.25) is 4.79 Å². The molecule has 2 heterocycles. The molecule has 4 rings (SSSR count). The number of halogens is 1. The lowest BCUT2D eigenvalue weighted by Crippen LogP contribution is -2.24. The van der Waals surface area contributed by atoms with Crippen LogP contribution in [0.1, 0.15) is 18.2 Å². The van der Waals surface area contributed by atoms with Gasteiger partial charge < -0.3 is 18.9 Å². The zero-order valence-electron chi connectivity index (χ0n) is 15.4. The molecule has 0 radical (unpaired) electrons. The molecule has 0 saturated carbocycles. The monoisotopic (exact) mass is 383 g/mol. The standard InChI is InChI=1S/C20H18FN3O4/c1-26-16-8-7-13(10-17(16)27-2)24-11-12(9-18(24)25)20-22-19(23-28-20)14-5-3-4-6-15(14)21/h3-8,10,12H,9,11H2,1-2H3/t12-/m0/s1. The van der Waals surface area contributed by atoms with Crippen molar-refractivity contribution >= 4 is 11.6 Å². The molecule has 1 aliphatic heterocycles. The van der Waals surface area contributed by atoms with Gasteiger partial charge in [0.05, 0.1) is 25.7 Å². The largest absolute Gasteiger partial charge is 0.493 e. The van der Waals surface area contributed by atoms with Gasteiger partial charge in [0.25, 0.3) is 0 Å². The van der Waals surface area contributed by atoms with Crippen LogP contribution in [0.25, 0.3) is 11.4 Å². The van der Waals surface area contributed by atoms with Crippen molar-refractivity contribution in [2.45, 2.75) is 12.3 Å². The van der Waals surface area contributed by atoms with Crippen molar-refractivity contribution in [1.29, 1.82) is 0 Å². The number of methoxy groups -OCH3 is 2. The minimum Gasteiger partial charge on any atom is -0.493 e. The summed E-state index contributed by atoms with van der Waals surface area (Å²) in [6, 6.07) is 11.5. The first-order valence-corrected chi connectivity index (χ1v) is 8.71. The highest BCUT2D eigenvalue weighted by atomic mass is 19.1. The van der Waals surface area contributed by atoms with Crippen molar-refractivity contribution in [2.24, 2.45) is 0 Å². The molecule has 1 aliphatic rings. The molecule has 0 spiro atoms. The maximum absolute atomic E-state index is 13.9. The Labute approximate surface area is 160 Å². The highest BCUT2D eigenvalue weighted by molar-refractivity contribution is 5.96. The normalized spacial score (nSPS) is 16.5. The van der Waals surface area contributed by atoms with Gasteiger partial charge in [-0.2, -0.15) is 4.98 Å². The maximum Gasteiger partial charge on any atom is 0.232 e. The second-order valence-electron chi connectivity index (χ2n) is 6.38. The van der Waals surface area contributed by atoms with Gasteiger partial charge in [-0.15, -0.1) is 0 Å². The number of hydrogen-bond acceptors (Lipinski definition) is 6. The van der Waals surface area contributed by atoms with Gasteiger partial charge in [-0.1, -0.05) is 17.3 Å². The first-order valence-electron chi connectivity index (χ1n) is 8.71. The van der Waals surface area contributed by atoms with Crippen molar-refractivity contribution in [2.75, 3.05) is 25.7 Å². The molecular formula is C20H18FN3O4.